The summed E-state index contributed by atoms with van der Waals surface area (Å²) in [7, 11) is 2.03. The van der Waals surface area contributed by atoms with Crippen molar-refractivity contribution in [3.63, 3.8) is 0 Å². The van der Waals surface area contributed by atoms with E-state index < -0.39 is 28.0 Å². The van der Waals surface area contributed by atoms with Crippen LogP contribution < -0.4 is 23.7 Å². The molecule has 1 aliphatic heterocycles. The van der Waals surface area contributed by atoms with Crippen LogP contribution in [0.4, 0.5) is 4.39 Å². The third-order valence-electron chi connectivity index (χ3n) is 11.8. The molecule has 67 heavy (non-hydrogen) atoms. The highest BCUT2D eigenvalue weighted by Crippen LogP contribution is 2.45. The number of carbonyl (C=O) groups is 1. The molecule has 1 N–H and O–H groups in total. The topological polar surface area (TPSA) is 166 Å². The van der Waals surface area contributed by atoms with Gasteiger partial charge in [-0.3, -0.25) is 9.69 Å². The number of aromatic nitrogens is 5. The second-order valence-corrected chi connectivity index (χ2v) is 18.6. The molecule has 5 aromatic carbocycles. The molecule has 3 aromatic heterocycles. The highest BCUT2D eigenvalue weighted by molar-refractivity contribution is 7.87. The van der Waals surface area contributed by atoms with Gasteiger partial charge in [0, 0.05) is 81.8 Å². The second-order valence-electron chi connectivity index (χ2n) is 16.3. The van der Waals surface area contributed by atoms with Crippen molar-refractivity contribution in [3.8, 4) is 34.5 Å². The van der Waals surface area contributed by atoms with Gasteiger partial charge in [-0.05, 0) is 77.3 Å². The van der Waals surface area contributed by atoms with E-state index >= 15 is 4.39 Å². The number of nitrogens with zero attached hydrogens (tertiary/aromatic N) is 8. The van der Waals surface area contributed by atoms with Crippen molar-refractivity contribution < 1.29 is 36.6 Å². The quantitative estimate of drug-likeness (QED) is 0.104. The molecule has 0 radical (unpaired) electrons. The molecular formula is C48H47ClFN9O7S. The molecule has 0 aliphatic carbocycles. The van der Waals surface area contributed by atoms with E-state index in [1.807, 2.05) is 30.3 Å². The summed E-state index contributed by atoms with van der Waals surface area (Å²) >= 11 is 7.23. The predicted molar refractivity (Wildman–Crippen MR) is 254 cm³/mol. The Kier molecular flexibility index (Phi) is 13.1. The van der Waals surface area contributed by atoms with Gasteiger partial charge in [0.2, 0.25) is 5.88 Å². The number of nitrogens with one attached hydrogen (secondary N) is 1. The van der Waals surface area contributed by atoms with E-state index in [1.54, 1.807) is 66.5 Å². The fourth-order valence-electron chi connectivity index (χ4n) is 8.21. The zero-order valence-corrected chi connectivity index (χ0v) is 38.7. The highest BCUT2D eigenvalue weighted by Gasteiger charge is 2.30. The zero-order chi connectivity index (χ0) is 46.8. The first-order valence-electron chi connectivity index (χ1n) is 21.5. The summed E-state index contributed by atoms with van der Waals surface area (Å²) in [6.07, 6.45) is 3.04. The number of para-hydroxylation sites is 2. The molecule has 1 unspecified atom stereocenters. The largest absolute Gasteiger partial charge is 0.496 e. The van der Waals surface area contributed by atoms with Crippen molar-refractivity contribution in [1.82, 2.24) is 43.4 Å². The van der Waals surface area contributed by atoms with Crippen LogP contribution in [0.2, 0.25) is 5.02 Å². The molecule has 0 saturated carbocycles. The van der Waals surface area contributed by atoms with Crippen molar-refractivity contribution in [2.75, 3.05) is 67.6 Å². The van der Waals surface area contributed by atoms with Crippen molar-refractivity contribution >= 4 is 65.6 Å². The van der Waals surface area contributed by atoms with Gasteiger partial charge in [-0.15, -0.1) is 0 Å². The Labute approximate surface area is 391 Å². The summed E-state index contributed by atoms with van der Waals surface area (Å²) in [5.41, 5.74) is 2.17. The fourth-order valence-corrected chi connectivity index (χ4v) is 9.10. The molecule has 0 bridgehead atoms. The van der Waals surface area contributed by atoms with E-state index in [4.69, 9.17) is 35.5 Å². The Morgan fingerprint density at radius 3 is 2.43 bits per heavy atom. The SMILES string of the molecule is COc1ccccc1-c1nccc(COc2ccccc2CC(Oc2ncnn3cc4c5ccc(F)cc5c5c(Cl)c(OCCN6CCN(C)CC6)ccc5c4c23)C(=O)NS(=O)(=O)N(C)C)n1. The van der Waals surface area contributed by atoms with E-state index in [9.17, 15) is 13.2 Å². The monoisotopic (exact) mass is 947 g/mol. The highest BCUT2D eigenvalue weighted by atomic mass is 35.5. The van der Waals surface area contributed by atoms with Crippen LogP contribution in [0.25, 0.3) is 49.2 Å². The van der Waals surface area contributed by atoms with Crippen LogP contribution in [-0.2, 0) is 28.0 Å². The molecule has 8 aromatic rings. The molecule has 1 amide bonds. The minimum absolute atomic E-state index is 0.0259. The lowest BCUT2D eigenvalue weighted by atomic mass is 9.95. The average molecular weight is 948 g/mol. The van der Waals surface area contributed by atoms with Gasteiger partial charge in [0.1, 0.15) is 48.1 Å². The molecule has 4 heterocycles. The molecule has 1 saturated heterocycles. The molecule has 1 fully saturated rings. The molecule has 0 spiro atoms. The lowest BCUT2D eigenvalue weighted by Gasteiger charge is -2.32. The Bertz CT molecular complexity index is 3260. The normalized spacial score (nSPS) is 14.3. The number of hydrogen-bond donors (Lipinski definition) is 1. The average Bonchev–Trinajstić information content (AvgIpc) is 3.73. The number of piperazine rings is 1. The Morgan fingerprint density at radius 1 is 0.881 bits per heavy atom. The van der Waals surface area contributed by atoms with Crippen LogP contribution in [0.15, 0.2) is 104 Å². The maximum Gasteiger partial charge on any atom is 0.303 e. The molecule has 1 aliphatic rings. The summed E-state index contributed by atoms with van der Waals surface area (Å²) in [5, 5.41) is 8.50. The van der Waals surface area contributed by atoms with Crippen molar-refractivity contribution in [3.05, 3.63) is 126 Å². The molecular weight excluding hydrogens is 901 g/mol. The maximum atomic E-state index is 15.1. The van der Waals surface area contributed by atoms with Gasteiger partial charge in [-0.2, -0.15) is 22.8 Å². The number of ether oxygens (including phenoxy) is 4. The van der Waals surface area contributed by atoms with E-state index in [0.717, 1.165) is 30.5 Å². The number of carbonyl (C=O) groups excluding carboxylic acids is 1. The van der Waals surface area contributed by atoms with E-state index in [-0.39, 0.29) is 18.9 Å². The van der Waals surface area contributed by atoms with E-state index in [2.05, 4.69) is 36.6 Å². The lowest BCUT2D eigenvalue weighted by Crippen LogP contribution is -2.47. The first-order chi connectivity index (χ1) is 32.4. The van der Waals surface area contributed by atoms with Crippen LogP contribution in [0.1, 0.15) is 11.3 Å². The predicted octanol–water partition coefficient (Wildman–Crippen LogP) is 6.56. The maximum absolute atomic E-state index is 15.1. The molecule has 346 valence electrons. The van der Waals surface area contributed by atoms with Crippen molar-refractivity contribution in [2.45, 2.75) is 19.1 Å². The third-order valence-corrected chi connectivity index (χ3v) is 13.6. The fraction of sp³-hybridized carbons (Fsp3) is 0.271. The smallest absolute Gasteiger partial charge is 0.303 e. The first kappa shape index (κ1) is 45.5. The minimum Gasteiger partial charge on any atom is -0.496 e. The van der Waals surface area contributed by atoms with Gasteiger partial charge >= 0.3 is 10.2 Å². The number of amides is 1. The van der Waals surface area contributed by atoms with Crippen LogP contribution in [0.5, 0.6) is 23.1 Å². The second kappa shape index (κ2) is 19.3. The van der Waals surface area contributed by atoms with Crippen molar-refractivity contribution in [1.29, 1.82) is 0 Å². The molecule has 1 atom stereocenters. The standard InChI is InChI=1S/C48H47ClFN9O7S/c1-56(2)67(61,62)55-47(60)41(25-30-9-5-7-11-38(30)65-28-32-17-18-51-46(54-32)34-10-6-8-12-39(34)63-4)66-48-45-43-35-15-16-40(64-24-23-58-21-19-57(3)20-22-58)44(49)42(35)36-26-31(50)13-14-33(36)37(43)27-59(45)53-29-52-48/h5-18,26-27,29,41H,19-25,28H2,1-4H3,(H,55,60). The van der Waals surface area contributed by atoms with Gasteiger partial charge in [-0.25, -0.2) is 23.6 Å². The number of halogens is 2. The first-order valence-corrected chi connectivity index (χ1v) is 23.3. The van der Waals surface area contributed by atoms with Crippen LogP contribution in [0, 0.1) is 5.82 Å². The van der Waals surface area contributed by atoms with E-state index in [1.165, 1.54) is 32.6 Å². The number of methoxy groups -OCH3 is 1. The van der Waals surface area contributed by atoms with Gasteiger partial charge in [0.05, 0.1) is 23.4 Å². The van der Waals surface area contributed by atoms with Crippen LogP contribution in [-0.4, -0.2) is 127 Å². The molecule has 19 heteroatoms. The summed E-state index contributed by atoms with van der Waals surface area (Å²) in [6.45, 7) is 4.98. The number of benzene rings is 5. The third kappa shape index (κ3) is 9.48. The minimum atomic E-state index is -4.26. The number of rotatable bonds is 16. The summed E-state index contributed by atoms with van der Waals surface area (Å²) < 4.78 is 70.6. The number of fused-ring (bicyclic) bond motifs is 8. The molecule has 16 nitrogen and oxygen atoms in total. The molecule has 9 rings (SSSR count). The zero-order valence-electron chi connectivity index (χ0n) is 37.1. The van der Waals surface area contributed by atoms with Gasteiger partial charge in [0.15, 0.2) is 11.9 Å². The lowest BCUT2D eigenvalue weighted by molar-refractivity contribution is -0.126. The Balaban J connectivity index is 1.08. The Morgan fingerprint density at radius 2 is 1.64 bits per heavy atom. The van der Waals surface area contributed by atoms with Crippen LogP contribution >= 0.6 is 11.6 Å². The number of likely N-dealkylation sites (N-methyl/N-ethyl adjacent to an activating group) is 1. The van der Waals surface area contributed by atoms with Gasteiger partial charge in [0.25, 0.3) is 5.91 Å². The Hall–Kier alpha value is -6.70. The van der Waals surface area contributed by atoms with Gasteiger partial charge in [-0.1, -0.05) is 48.0 Å². The summed E-state index contributed by atoms with van der Waals surface area (Å²) in [5.74, 6) is 0.488. The van der Waals surface area contributed by atoms with Gasteiger partial charge < -0.3 is 23.8 Å². The summed E-state index contributed by atoms with van der Waals surface area (Å²) in [6, 6.07) is 24.3. The van der Waals surface area contributed by atoms with E-state index in [0.29, 0.717) is 95.9 Å². The van der Waals surface area contributed by atoms with Crippen LogP contribution in [0.3, 0.4) is 0 Å². The van der Waals surface area contributed by atoms with Crippen molar-refractivity contribution in [2.24, 2.45) is 0 Å². The number of hydrogen-bond acceptors (Lipinski definition) is 13. The summed E-state index contributed by atoms with van der Waals surface area (Å²) in [4.78, 5) is 32.5.